The minimum atomic E-state index is 0. The number of carbonyl (C=O) groups is 1. The van der Waals surface area contributed by atoms with Gasteiger partial charge in [-0.05, 0) is 49.4 Å². The molecule has 1 amide bonds. The van der Waals surface area contributed by atoms with Crippen LogP contribution in [0.5, 0.6) is 0 Å². The Morgan fingerprint density at radius 3 is 3.13 bits per heavy atom. The molecule has 1 aromatic heterocycles. The van der Waals surface area contributed by atoms with Crippen molar-refractivity contribution >= 4 is 24.0 Å². The Bertz CT molecular complexity index is 740. The summed E-state index contributed by atoms with van der Waals surface area (Å²) in [5.41, 5.74) is 5.56. The van der Waals surface area contributed by atoms with Crippen LogP contribution >= 0.6 is 12.4 Å². The van der Waals surface area contributed by atoms with Gasteiger partial charge in [0.15, 0.2) is 0 Å². The Labute approximate surface area is 141 Å². The van der Waals surface area contributed by atoms with E-state index in [-0.39, 0.29) is 24.4 Å². The van der Waals surface area contributed by atoms with E-state index < -0.39 is 0 Å². The topological polar surface area (TPSA) is 59.0 Å². The number of anilines is 1. The number of nitrogens with zero attached hydrogens (tertiary/aromatic N) is 2. The van der Waals surface area contributed by atoms with E-state index in [0.29, 0.717) is 0 Å². The maximum atomic E-state index is 12.6. The number of carbonyl (C=O) groups excluding carboxylic acids is 1. The third-order valence-electron chi connectivity index (χ3n) is 4.76. The molecule has 23 heavy (non-hydrogen) atoms. The number of amides is 1. The second kappa shape index (κ2) is 6.24. The molecule has 2 N–H and O–H groups in total. The zero-order valence-electron chi connectivity index (χ0n) is 13.1. The molecule has 0 radical (unpaired) electrons. The van der Waals surface area contributed by atoms with Crippen molar-refractivity contribution in [2.75, 3.05) is 11.9 Å². The van der Waals surface area contributed by atoms with Gasteiger partial charge in [-0.1, -0.05) is 0 Å². The quantitative estimate of drug-likeness (QED) is 0.888. The molecule has 1 aliphatic carbocycles. The van der Waals surface area contributed by atoms with Crippen LogP contribution in [0.1, 0.15) is 46.1 Å². The molecule has 6 heteroatoms. The Hall–Kier alpha value is -2.01. The Morgan fingerprint density at radius 2 is 2.26 bits per heavy atom. The highest BCUT2D eigenvalue weighted by Crippen LogP contribution is 2.30. The van der Waals surface area contributed by atoms with Crippen molar-refractivity contribution < 1.29 is 4.79 Å². The molecule has 0 fully saturated rings. The average molecular weight is 333 g/mol. The van der Waals surface area contributed by atoms with Gasteiger partial charge in [-0.25, -0.2) is 0 Å². The fourth-order valence-corrected chi connectivity index (χ4v) is 3.54. The number of hydrogen-bond acceptors (Lipinski definition) is 3. The minimum absolute atomic E-state index is 0. The SMILES string of the molecule is Cl.Cn1ncc2c1CCCC2NC(=O)c1ccc2c(c1)CCN2. The molecule has 1 unspecified atom stereocenters. The van der Waals surface area contributed by atoms with Gasteiger partial charge < -0.3 is 10.6 Å². The highest BCUT2D eigenvalue weighted by molar-refractivity contribution is 5.95. The zero-order chi connectivity index (χ0) is 15.1. The molecule has 2 aliphatic rings. The summed E-state index contributed by atoms with van der Waals surface area (Å²) >= 11 is 0. The van der Waals surface area contributed by atoms with E-state index in [0.717, 1.165) is 43.5 Å². The molecule has 0 spiro atoms. The number of rotatable bonds is 2. The number of hydrogen-bond donors (Lipinski definition) is 2. The third kappa shape index (κ3) is 2.81. The number of aryl methyl sites for hydroxylation is 1. The number of nitrogens with one attached hydrogen (secondary N) is 2. The van der Waals surface area contributed by atoms with Crippen molar-refractivity contribution in [2.45, 2.75) is 31.7 Å². The predicted molar refractivity (Wildman–Crippen MR) is 92.2 cm³/mol. The molecule has 1 aliphatic heterocycles. The second-order valence-corrected chi connectivity index (χ2v) is 6.14. The first-order valence-electron chi connectivity index (χ1n) is 7.91. The van der Waals surface area contributed by atoms with Crippen LogP contribution in [0, 0.1) is 0 Å². The van der Waals surface area contributed by atoms with Crippen LogP contribution in [0.15, 0.2) is 24.4 Å². The van der Waals surface area contributed by atoms with Gasteiger partial charge in [0.05, 0.1) is 12.2 Å². The largest absolute Gasteiger partial charge is 0.384 e. The van der Waals surface area contributed by atoms with E-state index in [1.54, 1.807) is 0 Å². The van der Waals surface area contributed by atoms with E-state index in [9.17, 15) is 4.79 Å². The standard InChI is InChI=1S/C17H20N4O.ClH/c1-21-16-4-2-3-15(13(16)10-19-21)20-17(22)12-5-6-14-11(9-12)7-8-18-14;/h5-6,9-10,15,18H,2-4,7-8H2,1H3,(H,20,22);1H. The number of benzene rings is 1. The Morgan fingerprint density at radius 1 is 1.39 bits per heavy atom. The van der Waals surface area contributed by atoms with Gasteiger partial charge in [0.1, 0.15) is 0 Å². The van der Waals surface area contributed by atoms with Gasteiger partial charge in [-0.2, -0.15) is 5.10 Å². The lowest BCUT2D eigenvalue weighted by molar-refractivity contribution is 0.0932. The van der Waals surface area contributed by atoms with Crippen molar-refractivity contribution in [3.05, 3.63) is 46.8 Å². The van der Waals surface area contributed by atoms with Crippen LogP contribution in [-0.4, -0.2) is 22.2 Å². The molecule has 0 saturated heterocycles. The summed E-state index contributed by atoms with van der Waals surface area (Å²) in [7, 11) is 1.97. The van der Waals surface area contributed by atoms with Crippen molar-refractivity contribution in [1.29, 1.82) is 0 Å². The summed E-state index contributed by atoms with van der Waals surface area (Å²) in [5, 5.41) is 10.8. The van der Waals surface area contributed by atoms with Gasteiger partial charge in [-0.3, -0.25) is 9.48 Å². The highest BCUT2D eigenvalue weighted by atomic mass is 35.5. The van der Waals surface area contributed by atoms with Crippen LogP contribution in [0.25, 0.3) is 0 Å². The first kappa shape index (κ1) is 15.9. The van der Waals surface area contributed by atoms with Crippen molar-refractivity contribution in [2.24, 2.45) is 7.05 Å². The normalized spacial score (nSPS) is 18.4. The second-order valence-electron chi connectivity index (χ2n) is 6.14. The van der Waals surface area contributed by atoms with Gasteiger partial charge in [0.25, 0.3) is 5.91 Å². The summed E-state index contributed by atoms with van der Waals surface area (Å²) in [6.07, 6.45) is 6.00. The molecular formula is C17H21ClN4O. The summed E-state index contributed by atoms with van der Waals surface area (Å²) in [5.74, 6) is 0.0106. The summed E-state index contributed by atoms with van der Waals surface area (Å²) < 4.78 is 1.93. The molecule has 122 valence electrons. The van der Waals surface area contributed by atoms with Gasteiger partial charge in [-0.15, -0.1) is 12.4 Å². The number of halogens is 1. The van der Waals surface area contributed by atoms with Gasteiger partial charge >= 0.3 is 0 Å². The first-order chi connectivity index (χ1) is 10.7. The minimum Gasteiger partial charge on any atom is -0.384 e. The molecule has 5 nitrogen and oxygen atoms in total. The van der Waals surface area contributed by atoms with Crippen LogP contribution in [0.4, 0.5) is 5.69 Å². The fourth-order valence-electron chi connectivity index (χ4n) is 3.54. The molecule has 2 aromatic rings. The summed E-state index contributed by atoms with van der Waals surface area (Å²) in [6.45, 7) is 0.960. The lowest BCUT2D eigenvalue weighted by Crippen LogP contribution is -2.31. The summed E-state index contributed by atoms with van der Waals surface area (Å²) in [4.78, 5) is 12.6. The van der Waals surface area contributed by atoms with E-state index in [1.807, 2.05) is 36.1 Å². The Balaban J connectivity index is 0.00000156. The average Bonchev–Trinajstić information content (AvgIpc) is 3.14. The van der Waals surface area contributed by atoms with Gasteiger partial charge in [0.2, 0.25) is 0 Å². The molecular weight excluding hydrogens is 312 g/mol. The highest BCUT2D eigenvalue weighted by Gasteiger charge is 2.25. The van der Waals surface area contributed by atoms with Crippen LogP contribution in [0.3, 0.4) is 0 Å². The van der Waals surface area contributed by atoms with Crippen molar-refractivity contribution in [3.8, 4) is 0 Å². The maximum Gasteiger partial charge on any atom is 0.251 e. The predicted octanol–water partition coefficient (Wildman–Crippen LogP) is 2.62. The monoisotopic (exact) mass is 332 g/mol. The van der Waals surface area contributed by atoms with E-state index in [2.05, 4.69) is 15.7 Å². The molecule has 0 bridgehead atoms. The third-order valence-corrected chi connectivity index (χ3v) is 4.76. The van der Waals surface area contributed by atoms with Crippen LogP contribution < -0.4 is 10.6 Å². The smallest absolute Gasteiger partial charge is 0.251 e. The molecule has 1 atom stereocenters. The number of aromatic nitrogens is 2. The first-order valence-corrected chi connectivity index (χ1v) is 7.91. The van der Waals surface area contributed by atoms with E-state index in [1.165, 1.54) is 16.8 Å². The number of fused-ring (bicyclic) bond motifs is 2. The maximum absolute atomic E-state index is 12.6. The van der Waals surface area contributed by atoms with Gasteiger partial charge in [0, 0.05) is 36.1 Å². The van der Waals surface area contributed by atoms with E-state index in [4.69, 9.17) is 0 Å². The molecule has 2 heterocycles. The van der Waals surface area contributed by atoms with Crippen LogP contribution in [-0.2, 0) is 19.9 Å². The van der Waals surface area contributed by atoms with E-state index >= 15 is 0 Å². The Kier molecular flexibility index (Phi) is 4.31. The lowest BCUT2D eigenvalue weighted by atomic mass is 9.92. The lowest BCUT2D eigenvalue weighted by Gasteiger charge is -2.24. The van der Waals surface area contributed by atoms with Crippen LogP contribution in [0.2, 0.25) is 0 Å². The molecule has 4 rings (SSSR count). The fraction of sp³-hybridized carbons (Fsp3) is 0.412. The van der Waals surface area contributed by atoms with Crippen molar-refractivity contribution in [3.63, 3.8) is 0 Å². The van der Waals surface area contributed by atoms with Crippen molar-refractivity contribution in [1.82, 2.24) is 15.1 Å². The zero-order valence-corrected chi connectivity index (χ0v) is 13.9. The summed E-state index contributed by atoms with van der Waals surface area (Å²) in [6, 6.07) is 6.00. The molecule has 1 aromatic carbocycles. The molecule has 0 saturated carbocycles.